The highest BCUT2D eigenvalue weighted by atomic mass is 16.2. The Morgan fingerprint density at radius 1 is 0.800 bits per heavy atom. The Hall–Kier alpha value is -2.62. The summed E-state index contributed by atoms with van der Waals surface area (Å²) in [7, 11) is 1.94. The van der Waals surface area contributed by atoms with E-state index in [0.717, 1.165) is 12.0 Å². The summed E-state index contributed by atoms with van der Waals surface area (Å²) in [5.41, 5.74) is 5.05. The van der Waals surface area contributed by atoms with Gasteiger partial charge in [-0.15, -0.1) is 0 Å². The van der Waals surface area contributed by atoms with Crippen LogP contribution in [0, 0.1) is 0 Å². The van der Waals surface area contributed by atoms with Gasteiger partial charge in [-0.2, -0.15) is 0 Å². The second-order valence-electron chi connectivity index (χ2n) is 11.8. The SMILES string of the molecule is CCCC(=O)N(CC(C)=O)C(C)c1ccc(C(C)(C)C)cc1.CCCCCCC.CCCc1ccc(NC)cc1. The lowest BCUT2D eigenvalue weighted by Gasteiger charge is -2.29. The topological polar surface area (TPSA) is 49.4 Å². The summed E-state index contributed by atoms with van der Waals surface area (Å²) in [6.07, 6.45) is 10.7. The Morgan fingerprint density at radius 2 is 1.35 bits per heavy atom. The molecule has 0 aliphatic carbocycles. The van der Waals surface area contributed by atoms with Crippen LogP contribution in [0.3, 0.4) is 0 Å². The molecule has 2 rings (SSSR count). The number of Topliss-reactive ketones (excluding diaryl/α,β-unsaturated/α-hetero) is 1. The van der Waals surface area contributed by atoms with E-state index >= 15 is 0 Å². The second-order valence-corrected chi connectivity index (χ2v) is 11.8. The number of hydrogen-bond donors (Lipinski definition) is 1. The molecule has 40 heavy (non-hydrogen) atoms. The van der Waals surface area contributed by atoms with Crippen LogP contribution >= 0.6 is 0 Å². The molecule has 4 heteroatoms. The van der Waals surface area contributed by atoms with Crippen LogP contribution in [-0.2, 0) is 21.4 Å². The molecule has 0 radical (unpaired) electrons. The van der Waals surface area contributed by atoms with Crippen LogP contribution in [0.4, 0.5) is 5.69 Å². The van der Waals surface area contributed by atoms with Crippen LogP contribution in [0.15, 0.2) is 48.5 Å². The van der Waals surface area contributed by atoms with E-state index in [1.807, 2.05) is 20.9 Å². The zero-order chi connectivity index (χ0) is 30.6. The van der Waals surface area contributed by atoms with Crippen LogP contribution in [0.5, 0.6) is 0 Å². The molecule has 0 heterocycles. The zero-order valence-electron chi connectivity index (χ0n) is 27.5. The molecule has 1 amide bonds. The van der Waals surface area contributed by atoms with Gasteiger partial charge in [0.25, 0.3) is 0 Å². The molecular formula is C36H60N2O2. The third kappa shape index (κ3) is 15.8. The molecule has 0 aromatic heterocycles. The Bertz CT molecular complexity index is 923. The summed E-state index contributed by atoms with van der Waals surface area (Å²) in [6.45, 7) is 18.9. The van der Waals surface area contributed by atoms with Gasteiger partial charge in [-0.3, -0.25) is 9.59 Å². The smallest absolute Gasteiger partial charge is 0.223 e. The summed E-state index contributed by atoms with van der Waals surface area (Å²) in [6, 6.07) is 16.9. The predicted molar refractivity (Wildman–Crippen MR) is 175 cm³/mol. The van der Waals surface area contributed by atoms with Gasteiger partial charge in [-0.1, -0.05) is 123 Å². The molecule has 0 fully saturated rings. The van der Waals surface area contributed by atoms with Gasteiger partial charge >= 0.3 is 0 Å². The maximum absolute atomic E-state index is 12.3. The standard InChI is InChI=1S/C19H29NO2.C10H15N.C7H16/c1-7-8-18(22)20(13-14(2)21)15(3)16-9-11-17(12-10-16)19(4,5)6;1-3-4-9-5-7-10(11-2)8-6-9;1-3-5-7-6-4-2/h9-12,15H,7-8,13H2,1-6H3;5-8,11H,3-4H2,1-2H3;3-7H2,1-2H3. The number of ketones is 1. The number of anilines is 1. The van der Waals surface area contributed by atoms with Gasteiger partial charge in [0.1, 0.15) is 5.78 Å². The second kappa shape index (κ2) is 21.2. The largest absolute Gasteiger partial charge is 0.388 e. The summed E-state index contributed by atoms with van der Waals surface area (Å²) in [5.74, 6) is 0.0627. The molecule has 0 saturated heterocycles. The minimum Gasteiger partial charge on any atom is -0.388 e. The lowest BCUT2D eigenvalue weighted by atomic mass is 9.86. The van der Waals surface area contributed by atoms with Gasteiger partial charge in [0.15, 0.2) is 0 Å². The number of nitrogens with zero attached hydrogens (tertiary/aromatic N) is 1. The van der Waals surface area contributed by atoms with Gasteiger partial charge in [-0.25, -0.2) is 0 Å². The van der Waals surface area contributed by atoms with Gasteiger partial charge < -0.3 is 10.2 Å². The first-order chi connectivity index (χ1) is 18.9. The van der Waals surface area contributed by atoms with Gasteiger partial charge in [0, 0.05) is 19.2 Å². The van der Waals surface area contributed by atoms with E-state index < -0.39 is 0 Å². The molecule has 2 aromatic carbocycles. The van der Waals surface area contributed by atoms with E-state index in [2.05, 4.69) is 95.4 Å². The number of hydrogen-bond acceptors (Lipinski definition) is 3. The van der Waals surface area contributed by atoms with Crippen LogP contribution in [-0.4, -0.2) is 30.2 Å². The highest BCUT2D eigenvalue weighted by molar-refractivity contribution is 5.84. The van der Waals surface area contributed by atoms with Crippen molar-refractivity contribution in [1.82, 2.24) is 4.90 Å². The van der Waals surface area contributed by atoms with Crippen molar-refractivity contribution in [3.8, 4) is 0 Å². The average Bonchev–Trinajstić information content (AvgIpc) is 2.92. The minimum atomic E-state index is -0.0861. The molecule has 0 aliphatic rings. The number of unbranched alkanes of at least 4 members (excludes halogenated alkanes) is 4. The lowest BCUT2D eigenvalue weighted by molar-refractivity contribution is -0.137. The van der Waals surface area contributed by atoms with Crippen LogP contribution in [0.1, 0.15) is 136 Å². The van der Waals surface area contributed by atoms with Crippen molar-refractivity contribution in [2.75, 3.05) is 18.9 Å². The van der Waals surface area contributed by atoms with Crippen LogP contribution in [0.2, 0.25) is 0 Å². The summed E-state index contributed by atoms with van der Waals surface area (Å²) < 4.78 is 0. The number of rotatable bonds is 13. The third-order valence-corrected chi connectivity index (χ3v) is 6.89. The first kappa shape index (κ1) is 37.4. The van der Waals surface area contributed by atoms with Crippen molar-refractivity contribution in [2.24, 2.45) is 0 Å². The lowest BCUT2D eigenvalue weighted by Crippen LogP contribution is -2.37. The summed E-state index contributed by atoms with van der Waals surface area (Å²) >= 11 is 0. The zero-order valence-corrected chi connectivity index (χ0v) is 27.5. The summed E-state index contributed by atoms with van der Waals surface area (Å²) in [5, 5.41) is 3.10. The maximum Gasteiger partial charge on any atom is 0.223 e. The fraction of sp³-hybridized carbons (Fsp3) is 0.611. The molecule has 4 nitrogen and oxygen atoms in total. The molecular weight excluding hydrogens is 492 g/mol. The van der Waals surface area contributed by atoms with E-state index in [4.69, 9.17) is 0 Å². The van der Waals surface area contributed by atoms with Gasteiger partial charge in [0.05, 0.1) is 12.6 Å². The monoisotopic (exact) mass is 552 g/mol. The van der Waals surface area contributed by atoms with Crippen molar-refractivity contribution in [1.29, 1.82) is 0 Å². The average molecular weight is 553 g/mol. The number of nitrogens with one attached hydrogen (secondary N) is 1. The number of carbonyl (C=O) groups is 2. The molecule has 0 bridgehead atoms. The Labute approximate surface area is 247 Å². The predicted octanol–water partition coefficient (Wildman–Crippen LogP) is 9.92. The fourth-order valence-corrected chi connectivity index (χ4v) is 4.28. The minimum absolute atomic E-state index is 0.0163. The highest BCUT2D eigenvalue weighted by Gasteiger charge is 2.22. The molecule has 1 unspecified atom stereocenters. The van der Waals surface area contributed by atoms with E-state index in [9.17, 15) is 9.59 Å². The molecule has 0 spiro atoms. The van der Waals surface area contributed by atoms with E-state index in [0.29, 0.717) is 6.42 Å². The van der Waals surface area contributed by atoms with Crippen LogP contribution in [0.25, 0.3) is 0 Å². The number of amides is 1. The van der Waals surface area contributed by atoms with Crippen LogP contribution < -0.4 is 5.32 Å². The Morgan fingerprint density at radius 3 is 1.75 bits per heavy atom. The number of aryl methyl sites for hydroxylation is 1. The van der Waals surface area contributed by atoms with Crippen molar-refractivity contribution >= 4 is 17.4 Å². The highest BCUT2D eigenvalue weighted by Crippen LogP contribution is 2.26. The quantitative estimate of drug-likeness (QED) is 0.252. The summed E-state index contributed by atoms with van der Waals surface area (Å²) in [4.78, 5) is 25.5. The van der Waals surface area contributed by atoms with Crippen molar-refractivity contribution in [2.45, 2.75) is 132 Å². The first-order valence-electron chi connectivity index (χ1n) is 15.6. The fourth-order valence-electron chi connectivity index (χ4n) is 4.28. The van der Waals surface area contributed by atoms with Crippen molar-refractivity contribution in [3.05, 3.63) is 65.2 Å². The molecule has 1 N–H and O–H groups in total. The van der Waals surface area contributed by atoms with Gasteiger partial charge in [-0.05, 0) is 60.9 Å². The Kier molecular flexibility index (Phi) is 19.8. The van der Waals surface area contributed by atoms with E-state index in [1.54, 1.807) is 4.90 Å². The molecule has 226 valence electrons. The van der Waals surface area contributed by atoms with Crippen molar-refractivity contribution in [3.63, 3.8) is 0 Å². The molecule has 0 aliphatic heterocycles. The van der Waals surface area contributed by atoms with Crippen molar-refractivity contribution < 1.29 is 9.59 Å². The van der Waals surface area contributed by atoms with E-state index in [1.165, 1.54) is 68.7 Å². The molecule has 2 aromatic rings. The first-order valence-corrected chi connectivity index (χ1v) is 15.6. The molecule has 0 saturated carbocycles. The molecule has 1 atom stereocenters. The van der Waals surface area contributed by atoms with E-state index in [-0.39, 0.29) is 29.7 Å². The third-order valence-electron chi connectivity index (χ3n) is 6.89. The van der Waals surface area contributed by atoms with Gasteiger partial charge in [0.2, 0.25) is 5.91 Å². The maximum atomic E-state index is 12.3. The Balaban J connectivity index is 0.000000696. The number of benzene rings is 2. The normalized spacial score (nSPS) is 11.3. The number of carbonyl (C=O) groups excluding carboxylic acids is 2.